The van der Waals surface area contributed by atoms with Crippen LogP contribution < -0.4 is 9.47 Å². The summed E-state index contributed by atoms with van der Waals surface area (Å²) in [5, 5.41) is 0. The van der Waals surface area contributed by atoms with Crippen molar-refractivity contribution in [2.24, 2.45) is 0 Å². The number of hydrogen-bond acceptors (Lipinski definition) is 4. The van der Waals surface area contributed by atoms with E-state index in [0.29, 0.717) is 0 Å². The van der Waals surface area contributed by atoms with E-state index >= 15 is 0 Å². The quantitative estimate of drug-likeness (QED) is 0.270. The summed E-state index contributed by atoms with van der Waals surface area (Å²) >= 11 is 3.48. The van der Waals surface area contributed by atoms with Crippen molar-refractivity contribution in [1.29, 1.82) is 0 Å². The van der Waals surface area contributed by atoms with Crippen molar-refractivity contribution in [3.8, 4) is 11.5 Å². The second-order valence-corrected chi connectivity index (χ2v) is 8.31. The van der Waals surface area contributed by atoms with Gasteiger partial charge in [0.05, 0.1) is 14.2 Å². The molecule has 0 aliphatic heterocycles. The van der Waals surface area contributed by atoms with Gasteiger partial charge in [-0.15, -0.1) is 23.5 Å². The summed E-state index contributed by atoms with van der Waals surface area (Å²) in [5.74, 6) is 1.62. The van der Waals surface area contributed by atoms with Crippen LogP contribution in [0.3, 0.4) is 0 Å². The lowest BCUT2D eigenvalue weighted by Crippen LogP contribution is -1.93. The predicted octanol–water partition coefficient (Wildman–Crippen LogP) is 7.49. The molecule has 30 heavy (non-hydrogen) atoms. The van der Waals surface area contributed by atoms with Gasteiger partial charge in [-0.2, -0.15) is 0 Å². The molecule has 0 atom stereocenters. The summed E-state index contributed by atoms with van der Waals surface area (Å²) in [5.41, 5.74) is 4.24. The van der Waals surface area contributed by atoms with Gasteiger partial charge in [0.15, 0.2) is 0 Å². The topological polar surface area (TPSA) is 18.5 Å². The summed E-state index contributed by atoms with van der Waals surface area (Å²) in [7, 11) is 3.39. The normalized spacial score (nSPS) is 11.3. The molecule has 0 aliphatic carbocycles. The van der Waals surface area contributed by atoms with Gasteiger partial charge in [-0.3, -0.25) is 0 Å². The third-order valence-electron chi connectivity index (χ3n) is 4.72. The molecule has 4 heteroatoms. The van der Waals surface area contributed by atoms with Crippen LogP contribution in [0.25, 0.3) is 24.3 Å². The Hall–Kier alpha value is -2.56. The van der Waals surface area contributed by atoms with Crippen LogP contribution in [-0.2, 0) is 0 Å². The second kappa shape index (κ2) is 11.0. The molecule has 0 radical (unpaired) electrons. The minimum absolute atomic E-state index is 0.810. The number of benzene rings is 3. The number of hydrogen-bond donors (Lipinski definition) is 0. The van der Waals surface area contributed by atoms with Gasteiger partial charge in [-0.1, -0.05) is 48.6 Å². The third-order valence-corrected chi connectivity index (χ3v) is 6.21. The maximum atomic E-state index is 5.65. The second-order valence-electron chi connectivity index (χ2n) is 6.55. The summed E-state index contributed by atoms with van der Waals surface area (Å²) in [4.78, 5) is 2.51. The molecule has 3 aromatic carbocycles. The number of rotatable bonds is 8. The van der Waals surface area contributed by atoms with Gasteiger partial charge in [0.2, 0.25) is 0 Å². The lowest BCUT2D eigenvalue weighted by atomic mass is 10.1. The van der Waals surface area contributed by atoms with E-state index in [1.54, 1.807) is 37.7 Å². The molecule has 0 saturated carbocycles. The van der Waals surface area contributed by atoms with Gasteiger partial charge < -0.3 is 9.47 Å². The van der Waals surface area contributed by atoms with Crippen molar-refractivity contribution < 1.29 is 9.47 Å². The van der Waals surface area contributed by atoms with Crippen molar-refractivity contribution in [2.75, 3.05) is 26.7 Å². The van der Waals surface area contributed by atoms with Crippen molar-refractivity contribution in [1.82, 2.24) is 0 Å². The molecule has 0 aliphatic rings. The van der Waals surface area contributed by atoms with Crippen LogP contribution in [0.4, 0.5) is 0 Å². The van der Waals surface area contributed by atoms with E-state index in [1.165, 1.54) is 9.79 Å². The van der Waals surface area contributed by atoms with Crippen LogP contribution in [-0.4, -0.2) is 26.7 Å². The van der Waals surface area contributed by atoms with Crippen LogP contribution >= 0.6 is 23.5 Å². The zero-order valence-corrected chi connectivity index (χ0v) is 19.3. The number of ether oxygens (including phenoxy) is 2. The van der Waals surface area contributed by atoms with Crippen LogP contribution in [0.1, 0.15) is 22.3 Å². The van der Waals surface area contributed by atoms with Crippen molar-refractivity contribution in [2.45, 2.75) is 9.79 Å². The molecular formula is C26H26O2S2. The minimum atomic E-state index is 0.810. The lowest BCUT2D eigenvalue weighted by molar-refractivity contribution is 0.401. The molecular weight excluding hydrogens is 408 g/mol. The molecule has 0 unspecified atom stereocenters. The molecule has 0 bridgehead atoms. The maximum Gasteiger partial charge on any atom is 0.126 e. The van der Waals surface area contributed by atoms with Gasteiger partial charge in [-0.25, -0.2) is 0 Å². The summed E-state index contributed by atoms with van der Waals surface area (Å²) < 4.78 is 11.3. The summed E-state index contributed by atoms with van der Waals surface area (Å²) in [6.45, 7) is 0. The number of methoxy groups -OCH3 is 2. The average molecular weight is 435 g/mol. The van der Waals surface area contributed by atoms with E-state index in [-0.39, 0.29) is 0 Å². The molecule has 0 N–H and O–H groups in total. The molecule has 0 aromatic heterocycles. The Labute approximate surface area is 188 Å². The fourth-order valence-electron chi connectivity index (χ4n) is 3.01. The monoisotopic (exact) mass is 434 g/mol. The van der Waals surface area contributed by atoms with Crippen LogP contribution in [0.2, 0.25) is 0 Å². The summed E-state index contributed by atoms with van der Waals surface area (Å²) in [6.07, 6.45) is 12.5. The minimum Gasteiger partial charge on any atom is -0.496 e. The fourth-order valence-corrected chi connectivity index (χ4v) is 3.82. The highest BCUT2D eigenvalue weighted by atomic mass is 32.2. The molecule has 0 fully saturated rings. The zero-order chi connectivity index (χ0) is 21.3. The Morgan fingerprint density at radius 2 is 0.933 bits per heavy atom. The molecule has 3 rings (SSSR count). The fraction of sp³-hybridized carbons (Fsp3) is 0.154. The molecule has 0 amide bonds. The highest BCUT2D eigenvalue weighted by molar-refractivity contribution is 7.98. The first-order valence-corrected chi connectivity index (χ1v) is 12.0. The Morgan fingerprint density at radius 1 is 0.567 bits per heavy atom. The van der Waals surface area contributed by atoms with Gasteiger partial charge in [0, 0.05) is 20.9 Å². The van der Waals surface area contributed by atoms with E-state index in [2.05, 4.69) is 85.3 Å². The molecule has 2 nitrogen and oxygen atoms in total. The van der Waals surface area contributed by atoms with Gasteiger partial charge in [-0.05, 0) is 60.0 Å². The SMILES string of the molecule is COc1cc(/C=C/c2ccc(SC)cc2)c(OC)cc1/C=C/c1ccc(SC)cc1. The van der Waals surface area contributed by atoms with E-state index in [1.807, 2.05) is 12.1 Å². The van der Waals surface area contributed by atoms with Crippen molar-refractivity contribution in [3.05, 3.63) is 82.9 Å². The van der Waals surface area contributed by atoms with Crippen molar-refractivity contribution >= 4 is 47.8 Å². The molecule has 154 valence electrons. The average Bonchev–Trinajstić information content (AvgIpc) is 2.81. The van der Waals surface area contributed by atoms with E-state index in [0.717, 1.165) is 33.8 Å². The van der Waals surface area contributed by atoms with E-state index in [4.69, 9.17) is 9.47 Å². The highest BCUT2D eigenvalue weighted by Gasteiger charge is 2.08. The smallest absolute Gasteiger partial charge is 0.126 e. The summed E-state index contributed by atoms with van der Waals surface area (Å²) in [6, 6.07) is 21.0. The molecule has 0 spiro atoms. The van der Waals surface area contributed by atoms with E-state index < -0.39 is 0 Å². The van der Waals surface area contributed by atoms with Crippen molar-refractivity contribution in [3.63, 3.8) is 0 Å². The Morgan fingerprint density at radius 3 is 1.23 bits per heavy atom. The van der Waals surface area contributed by atoms with Gasteiger partial charge in [0.1, 0.15) is 11.5 Å². The Kier molecular flexibility index (Phi) is 8.12. The first-order chi connectivity index (χ1) is 14.7. The third kappa shape index (κ3) is 5.74. The molecule has 3 aromatic rings. The largest absolute Gasteiger partial charge is 0.496 e. The number of thioether (sulfide) groups is 2. The zero-order valence-electron chi connectivity index (χ0n) is 17.7. The van der Waals surface area contributed by atoms with Crippen LogP contribution in [0.5, 0.6) is 11.5 Å². The highest BCUT2D eigenvalue weighted by Crippen LogP contribution is 2.32. The van der Waals surface area contributed by atoms with E-state index in [9.17, 15) is 0 Å². The molecule has 0 heterocycles. The van der Waals surface area contributed by atoms with Gasteiger partial charge in [0.25, 0.3) is 0 Å². The first-order valence-electron chi connectivity index (χ1n) is 9.57. The Bertz CT molecular complexity index is 935. The first kappa shape index (κ1) is 22.1. The predicted molar refractivity (Wildman–Crippen MR) is 134 cm³/mol. The standard InChI is InChI=1S/C26H26O2S2/c1-27-25-17-22(12-6-20-9-15-24(30-4)16-10-20)26(28-2)18-21(25)11-5-19-7-13-23(29-3)14-8-19/h5-18H,1-4H3/b11-5+,12-6+. The van der Waals surface area contributed by atoms with Crippen LogP contribution in [0, 0.1) is 0 Å². The Balaban J connectivity index is 1.86. The maximum absolute atomic E-state index is 5.65. The van der Waals surface area contributed by atoms with Crippen LogP contribution in [0.15, 0.2) is 70.5 Å². The molecule has 0 saturated heterocycles. The lowest BCUT2D eigenvalue weighted by Gasteiger charge is -2.11. The van der Waals surface area contributed by atoms with Gasteiger partial charge >= 0.3 is 0 Å².